The molecule has 2 fully saturated rings. The van der Waals surface area contributed by atoms with Crippen LogP contribution in [-0.2, 0) is 0 Å². The lowest BCUT2D eigenvalue weighted by atomic mass is 9.51. The molecule has 32 heavy (non-hydrogen) atoms. The van der Waals surface area contributed by atoms with Crippen LogP contribution in [-0.4, -0.2) is 18.8 Å². The van der Waals surface area contributed by atoms with Crippen LogP contribution in [0, 0.1) is 40.6 Å². The van der Waals surface area contributed by atoms with Gasteiger partial charge in [0.1, 0.15) is 0 Å². The van der Waals surface area contributed by atoms with E-state index in [1.54, 1.807) is 5.57 Å². The van der Waals surface area contributed by atoms with Gasteiger partial charge < -0.3 is 5.11 Å². The van der Waals surface area contributed by atoms with E-state index in [2.05, 4.69) is 87.5 Å². The molecule has 5 rings (SSSR count). The summed E-state index contributed by atoms with van der Waals surface area (Å²) in [5.74, 6) is 6.11. The van der Waals surface area contributed by atoms with Gasteiger partial charge in [-0.1, -0.05) is 80.6 Å². The zero-order valence-electron chi connectivity index (χ0n) is 20.2. The van der Waals surface area contributed by atoms with Gasteiger partial charge in [0.15, 0.2) is 13.7 Å². The third kappa shape index (κ3) is 3.24. The van der Waals surface area contributed by atoms with E-state index in [9.17, 15) is 5.11 Å². The van der Waals surface area contributed by atoms with Crippen LogP contribution in [0.4, 0.5) is 0 Å². The molecule has 0 spiro atoms. The largest absolute Gasteiger partial charge is 0.373 e. The lowest BCUT2D eigenvalue weighted by Gasteiger charge is -2.53. The minimum Gasteiger partial charge on any atom is -0.373 e. The van der Waals surface area contributed by atoms with Crippen molar-refractivity contribution < 1.29 is 5.11 Å². The fourth-order valence-corrected chi connectivity index (χ4v) is 9.14. The van der Waals surface area contributed by atoms with E-state index < -0.39 is 13.7 Å². The van der Waals surface area contributed by atoms with Crippen LogP contribution >= 0.6 is 0 Å². The Morgan fingerprint density at radius 1 is 1.12 bits per heavy atom. The molecule has 0 bridgehead atoms. The van der Waals surface area contributed by atoms with E-state index in [1.807, 2.05) is 0 Å². The van der Waals surface area contributed by atoms with Gasteiger partial charge in [0.25, 0.3) is 0 Å². The fourth-order valence-electron chi connectivity index (χ4n) is 7.48. The first-order chi connectivity index (χ1) is 15.2. The molecular formula is C30H38OSi. The Balaban J connectivity index is 1.47. The summed E-state index contributed by atoms with van der Waals surface area (Å²) in [6.45, 7) is 13.6. The summed E-state index contributed by atoms with van der Waals surface area (Å²) in [5.41, 5.74) is 6.48. The van der Waals surface area contributed by atoms with Crippen molar-refractivity contribution in [2.45, 2.75) is 71.1 Å². The molecule has 0 aromatic heterocycles. The maximum absolute atomic E-state index is 12.1. The zero-order valence-corrected chi connectivity index (χ0v) is 21.2. The third-order valence-corrected chi connectivity index (χ3v) is 12.1. The van der Waals surface area contributed by atoms with Gasteiger partial charge >= 0.3 is 0 Å². The molecule has 6 atom stereocenters. The fraction of sp³-hybridized carbons (Fsp3) is 0.533. The summed E-state index contributed by atoms with van der Waals surface area (Å²) in [4.78, 5) is 0. The van der Waals surface area contributed by atoms with E-state index in [-0.39, 0.29) is 5.41 Å². The van der Waals surface area contributed by atoms with E-state index in [0.29, 0.717) is 11.8 Å². The molecule has 2 saturated carbocycles. The quantitative estimate of drug-likeness (QED) is 0.313. The molecule has 1 N–H and O–H groups in total. The second kappa shape index (κ2) is 7.61. The molecular weight excluding hydrogens is 404 g/mol. The van der Waals surface area contributed by atoms with Crippen LogP contribution in [0.1, 0.15) is 52.4 Å². The Kier molecular flexibility index (Phi) is 5.23. The second-order valence-electron chi connectivity index (χ2n) is 11.7. The van der Waals surface area contributed by atoms with Crippen molar-refractivity contribution in [3.63, 3.8) is 0 Å². The van der Waals surface area contributed by atoms with Crippen LogP contribution in [0.25, 0.3) is 0 Å². The predicted molar refractivity (Wildman–Crippen MR) is 137 cm³/mol. The number of aliphatic hydroxyl groups is 1. The highest BCUT2D eigenvalue weighted by molar-refractivity contribution is 6.96. The van der Waals surface area contributed by atoms with Crippen molar-refractivity contribution in [2.24, 2.45) is 29.1 Å². The zero-order chi connectivity index (χ0) is 22.7. The summed E-state index contributed by atoms with van der Waals surface area (Å²) in [6.07, 6.45) is 11.9. The summed E-state index contributed by atoms with van der Waals surface area (Å²) in [6, 6.07) is 10.6. The highest BCUT2D eigenvalue weighted by Crippen LogP contribution is 2.65. The van der Waals surface area contributed by atoms with Gasteiger partial charge in [-0.25, -0.2) is 0 Å². The van der Waals surface area contributed by atoms with Gasteiger partial charge in [0.05, 0.1) is 0 Å². The standard InChI is InChI=1S/C30H38OSi/c1-21-11-13-25-23(19-21)12-14-27-26(25)15-16-29(3)28(27)20-22(2)30(29,31)17-18-32(4,5)24-9-7-6-8-10-24/h6-10,12,19,25-28,31H,2,11,13-16,20H2,1,3-5H3/t25-,26+,27+,28-,29-,30-/m0/s1. The number of benzene rings is 1. The summed E-state index contributed by atoms with van der Waals surface area (Å²) in [5, 5.41) is 13.4. The molecule has 0 heterocycles. The van der Waals surface area contributed by atoms with Crippen LogP contribution in [0.15, 0.2) is 65.8 Å². The smallest absolute Gasteiger partial charge is 0.162 e. The number of fused-ring (bicyclic) bond motifs is 5. The molecule has 1 aromatic carbocycles. The van der Waals surface area contributed by atoms with Crippen molar-refractivity contribution >= 4 is 13.3 Å². The van der Waals surface area contributed by atoms with Crippen LogP contribution in [0.2, 0.25) is 13.1 Å². The van der Waals surface area contributed by atoms with Crippen LogP contribution in [0.5, 0.6) is 0 Å². The Morgan fingerprint density at radius 3 is 2.62 bits per heavy atom. The lowest BCUT2D eigenvalue weighted by molar-refractivity contribution is -0.0714. The molecule has 1 nitrogen and oxygen atoms in total. The van der Waals surface area contributed by atoms with Crippen LogP contribution in [0.3, 0.4) is 0 Å². The average molecular weight is 443 g/mol. The summed E-state index contributed by atoms with van der Waals surface area (Å²) in [7, 11) is -1.96. The topological polar surface area (TPSA) is 20.2 Å². The molecule has 168 valence electrons. The minimum atomic E-state index is -1.96. The van der Waals surface area contributed by atoms with Gasteiger partial charge in [-0.3, -0.25) is 0 Å². The first kappa shape index (κ1) is 22.0. The number of rotatable bonds is 1. The van der Waals surface area contributed by atoms with Crippen molar-refractivity contribution in [3.05, 3.63) is 65.8 Å². The molecule has 0 aliphatic heterocycles. The Hall–Kier alpha value is -1.82. The van der Waals surface area contributed by atoms with E-state index in [4.69, 9.17) is 0 Å². The molecule has 4 aliphatic carbocycles. The highest BCUT2D eigenvalue weighted by atomic mass is 28.3. The number of hydrogen-bond acceptors (Lipinski definition) is 1. The molecule has 4 aliphatic rings. The molecule has 2 heteroatoms. The van der Waals surface area contributed by atoms with Crippen LogP contribution < -0.4 is 5.19 Å². The van der Waals surface area contributed by atoms with Gasteiger partial charge in [0.2, 0.25) is 0 Å². The monoisotopic (exact) mass is 442 g/mol. The van der Waals surface area contributed by atoms with E-state index in [1.165, 1.54) is 30.0 Å². The minimum absolute atomic E-state index is 0.189. The number of allylic oxidation sites excluding steroid dienone is 4. The SMILES string of the molecule is C=C1C[C@H]2[C@@H]3CC=C4C=C(C)CC[C@@H]4[C@H]3CC[C@]2(C)[C@]1(O)C#C[Si](C)(C)c1ccccc1. The first-order valence-corrected chi connectivity index (χ1v) is 15.5. The van der Waals surface area contributed by atoms with Crippen molar-refractivity contribution in [1.82, 2.24) is 0 Å². The van der Waals surface area contributed by atoms with Gasteiger partial charge in [0, 0.05) is 5.41 Å². The maximum atomic E-state index is 12.1. The van der Waals surface area contributed by atoms with Gasteiger partial charge in [-0.05, 0) is 85.5 Å². The molecule has 0 amide bonds. The lowest BCUT2D eigenvalue weighted by Crippen LogP contribution is -2.52. The van der Waals surface area contributed by atoms with Crippen molar-refractivity contribution in [2.75, 3.05) is 0 Å². The normalized spacial score (nSPS) is 38.5. The first-order valence-electron chi connectivity index (χ1n) is 12.5. The molecule has 1 aromatic rings. The van der Waals surface area contributed by atoms with E-state index >= 15 is 0 Å². The second-order valence-corrected chi connectivity index (χ2v) is 15.8. The maximum Gasteiger partial charge on any atom is 0.162 e. The molecule has 0 saturated heterocycles. The Labute approximate surface area is 195 Å². The van der Waals surface area contributed by atoms with E-state index in [0.717, 1.165) is 36.7 Å². The number of hydrogen-bond donors (Lipinski definition) is 1. The summed E-state index contributed by atoms with van der Waals surface area (Å²) < 4.78 is 0. The summed E-state index contributed by atoms with van der Waals surface area (Å²) >= 11 is 0. The Morgan fingerprint density at radius 2 is 1.88 bits per heavy atom. The third-order valence-electron chi connectivity index (χ3n) is 9.57. The highest BCUT2D eigenvalue weighted by Gasteiger charge is 2.63. The Bertz CT molecular complexity index is 1050. The average Bonchev–Trinajstić information content (AvgIpc) is 2.99. The molecule has 0 unspecified atom stereocenters. The van der Waals surface area contributed by atoms with Crippen molar-refractivity contribution in [1.29, 1.82) is 0 Å². The van der Waals surface area contributed by atoms with Gasteiger partial charge in [-0.15, -0.1) is 5.54 Å². The predicted octanol–water partition coefficient (Wildman–Crippen LogP) is 6.17. The van der Waals surface area contributed by atoms with Crippen molar-refractivity contribution in [3.8, 4) is 11.5 Å². The van der Waals surface area contributed by atoms with Gasteiger partial charge in [-0.2, -0.15) is 0 Å². The molecule has 0 radical (unpaired) electrons.